The maximum Gasteiger partial charge on any atom is 0.260 e. The number of hydrogen-bond acceptors (Lipinski definition) is 2. The van der Waals surface area contributed by atoms with E-state index in [1.165, 1.54) is 6.42 Å². The first-order valence-electron chi connectivity index (χ1n) is 6.42. The van der Waals surface area contributed by atoms with Crippen LogP contribution in [0.15, 0.2) is 18.2 Å². The quantitative estimate of drug-likeness (QED) is 0.853. The van der Waals surface area contributed by atoms with E-state index in [0.717, 1.165) is 19.5 Å². The Hall–Kier alpha value is -0.930. The molecule has 0 saturated carbocycles. The largest absolute Gasteiger partial charge is 0.482 e. The molecule has 19 heavy (non-hydrogen) atoms. The van der Waals surface area contributed by atoms with E-state index in [1.807, 2.05) is 4.90 Å². The van der Waals surface area contributed by atoms with Crippen molar-refractivity contribution < 1.29 is 9.53 Å². The minimum Gasteiger partial charge on any atom is -0.482 e. The zero-order valence-corrected chi connectivity index (χ0v) is 12.4. The first kappa shape index (κ1) is 14.5. The number of benzene rings is 1. The van der Waals surface area contributed by atoms with Crippen LogP contribution in [-0.2, 0) is 4.79 Å². The summed E-state index contributed by atoms with van der Waals surface area (Å²) < 4.78 is 5.46. The molecule has 0 aromatic heterocycles. The zero-order chi connectivity index (χ0) is 13.8. The van der Waals surface area contributed by atoms with E-state index < -0.39 is 0 Å². The zero-order valence-electron chi connectivity index (χ0n) is 10.9. The molecule has 1 saturated heterocycles. The highest BCUT2D eigenvalue weighted by Crippen LogP contribution is 2.27. The molecule has 2 rings (SSSR count). The highest BCUT2D eigenvalue weighted by Gasteiger charge is 2.21. The van der Waals surface area contributed by atoms with Gasteiger partial charge in [0.15, 0.2) is 6.61 Å². The van der Waals surface area contributed by atoms with Crippen molar-refractivity contribution in [3.05, 3.63) is 28.2 Å². The summed E-state index contributed by atoms with van der Waals surface area (Å²) in [5.41, 5.74) is 0. The first-order valence-corrected chi connectivity index (χ1v) is 7.17. The lowest BCUT2D eigenvalue weighted by atomic mass is 10.0. The SMILES string of the molecule is C[C@@H]1CCCN(C(=O)COc2cc(Cl)ccc2Cl)C1. The Kier molecular flexibility index (Phi) is 4.94. The fraction of sp³-hybridized carbons (Fsp3) is 0.500. The number of rotatable bonds is 3. The summed E-state index contributed by atoms with van der Waals surface area (Å²) in [6.45, 7) is 3.79. The van der Waals surface area contributed by atoms with Crippen molar-refractivity contribution in [2.75, 3.05) is 19.7 Å². The molecule has 5 heteroatoms. The van der Waals surface area contributed by atoms with Crippen LogP contribution in [0.3, 0.4) is 0 Å². The van der Waals surface area contributed by atoms with Crippen molar-refractivity contribution in [3.63, 3.8) is 0 Å². The molecule has 1 amide bonds. The van der Waals surface area contributed by atoms with Crippen molar-refractivity contribution in [2.45, 2.75) is 19.8 Å². The van der Waals surface area contributed by atoms with Gasteiger partial charge in [-0.3, -0.25) is 4.79 Å². The Labute approximate surface area is 123 Å². The van der Waals surface area contributed by atoms with Crippen LogP contribution in [0.2, 0.25) is 10.0 Å². The molecular formula is C14H17Cl2NO2. The molecule has 1 aromatic rings. The van der Waals surface area contributed by atoms with E-state index in [-0.39, 0.29) is 12.5 Å². The van der Waals surface area contributed by atoms with Gasteiger partial charge in [-0.2, -0.15) is 0 Å². The Balaban J connectivity index is 1.91. The highest BCUT2D eigenvalue weighted by molar-refractivity contribution is 6.34. The van der Waals surface area contributed by atoms with Gasteiger partial charge in [-0.05, 0) is 30.9 Å². The molecule has 0 radical (unpaired) electrons. The smallest absolute Gasteiger partial charge is 0.260 e. The molecule has 0 spiro atoms. The lowest BCUT2D eigenvalue weighted by molar-refractivity contribution is -0.135. The molecule has 1 fully saturated rings. The lowest BCUT2D eigenvalue weighted by Crippen LogP contribution is -2.41. The summed E-state index contributed by atoms with van der Waals surface area (Å²) in [6.07, 6.45) is 2.25. The van der Waals surface area contributed by atoms with Gasteiger partial charge >= 0.3 is 0 Å². The number of nitrogens with zero attached hydrogens (tertiary/aromatic N) is 1. The van der Waals surface area contributed by atoms with Crippen LogP contribution >= 0.6 is 23.2 Å². The Bertz CT molecular complexity index is 465. The molecule has 3 nitrogen and oxygen atoms in total. The minimum atomic E-state index is 0.00240. The van der Waals surface area contributed by atoms with Gasteiger partial charge in [-0.25, -0.2) is 0 Å². The summed E-state index contributed by atoms with van der Waals surface area (Å²) >= 11 is 11.8. The number of carbonyl (C=O) groups is 1. The van der Waals surface area contributed by atoms with Gasteiger partial charge in [0.2, 0.25) is 0 Å². The number of ether oxygens (including phenoxy) is 1. The van der Waals surface area contributed by atoms with Crippen LogP contribution in [-0.4, -0.2) is 30.5 Å². The van der Waals surface area contributed by atoms with E-state index in [2.05, 4.69) is 6.92 Å². The van der Waals surface area contributed by atoms with Crippen LogP contribution in [0.4, 0.5) is 0 Å². The second-order valence-electron chi connectivity index (χ2n) is 4.95. The van der Waals surface area contributed by atoms with Gasteiger partial charge < -0.3 is 9.64 Å². The van der Waals surface area contributed by atoms with Gasteiger partial charge in [0.1, 0.15) is 5.75 Å². The number of carbonyl (C=O) groups excluding carboxylic acids is 1. The molecule has 1 heterocycles. The molecule has 0 N–H and O–H groups in total. The summed E-state index contributed by atoms with van der Waals surface area (Å²) in [6, 6.07) is 4.97. The van der Waals surface area contributed by atoms with Crippen molar-refractivity contribution in [1.82, 2.24) is 4.90 Å². The Morgan fingerprint density at radius 1 is 1.47 bits per heavy atom. The average Bonchev–Trinajstić information content (AvgIpc) is 2.39. The van der Waals surface area contributed by atoms with E-state index >= 15 is 0 Å². The van der Waals surface area contributed by atoms with Gasteiger partial charge in [0.25, 0.3) is 5.91 Å². The molecule has 1 atom stereocenters. The standard InChI is InChI=1S/C14H17Cl2NO2/c1-10-3-2-6-17(8-10)14(18)9-19-13-7-11(15)4-5-12(13)16/h4-5,7,10H,2-3,6,8-9H2,1H3/t10-/m1/s1. The summed E-state index contributed by atoms with van der Waals surface area (Å²) in [5, 5.41) is 1.00. The third kappa shape index (κ3) is 4.02. The molecule has 0 unspecified atom stereocenters. The van der Waals surface area contributed by atoms with Gasteiger partial charge in [-0.1, -0.05) is 30.1 Å². The summed E-state index contributed by atoms with van der Waals surface area (Å²) in [4.78, 5) is 13.9. The topological polar surface area (TPSA) is 29.5 Å². The predicted molar refractivity (Wildman–Crippen MR) is 76.9 cm³/mol. The predicted octanol–water partition coefficient (Wildman–Crippen LogP) is 3.63. The molecule has 1 aromatic carbocycles. The van der Waals surface area contributed by atoms with Gasteiger partial charge in [-0.15, -0.1) is 0 Å². The molecule has 104 valence electrons. The average molecular weight is 302 g/mol. The first-order chi connectivity index (χ1) is 9.06. The van der Waals surface area contributed by atoms with Crippen LogP contribution in [0.1, 0.15) is 19.8 Å². The summed E-state index contributed by atoms with van der Waals surface area (Å²) in [7, 11) is 0. The molecular weight excluding hydrogens is 285 g/mol. The van der Waals surface area contributed by atoms with Crippen LogP contribution in [0, 0.1) is 5.92 Å². The number of amides is 1. The number of hydrogen-bond donors (Lipinski definition) is 0. The number of likely N-dealkylation sites (tertiary alicyclic amines) is 1. The fourth-order valence-electron chi connectivity index (χ4n) is 2.23. The van der Waals surface area contributed by atoms with E-state index in [4.69, 9.17) is 27.9 Å². The van der Waals surface area contributed by atoms with Gasteiger partial charge in [0.05, 0.1) is 5.02 Å². The third-order valence-corrected chi connectivity index (χ3v) is 3.80. The van der Waals surface area contributed by atoms with Crippen LogP contribution in [0.25, 0.3) is 0 Å². The second-order valence-corrected chi connectivity index (χ2v) is 5.79. The second kappa shape index (κ2) is 6.49. The molecule has 0 aliphatic carbocycles. The Morgan fingerprint density at radius 3 is 3.00 bits per heavy atom. The number of halogens is 2. The monoisotopic (exact) mass is 301 g/mol. The van der Waals surface area contributed by atoms with Crippen LogP contribution in [0.5, 0.6) is 5.75 Å². The summed E-state index contributed by atoms with van der Waals surface area (Å²) in [5.74, 6) is 1.02. The fourth-order valence-corrected chi connectivity index (χ4v) is 2.57. The van der Waals surface area contributed by atoms with E-state index in [1.54, 1.807) is 18.2 Å². The number of piperidine rings is 1. The maximum atomic E-state index is 12.0. The van der Waals surface area contributed by atoms with E-state index in [9.17, 15) is 4.79 Å². The van der Waals surface area contributed by atoms with Crippen LogP contribution < -0.4 is 4.74 Å². The molecule has 1 aliphatic rings. The van der Waals surface area contributed by atoms with Crippen molar-refractivity contribution >= 4 is 29.1 Å². The Morgan fingerprint density at radius 2 is 2.26 bits per heavy atom. The van der Waals surface area contributed by atoms with Gasteiger partial charge in [0, 0.05) is 24.2 Å². The van der Waals surface area contributed by atoms with E-state index in [0.29, 0.717) is 21.7 Å². The highest BCUT2D eigenvalue weighted by atomic mass is 35.5. The maximum absolute atomic E-state index is 12.0. The third-order valence-electron chi connectivity index (χ3n) is 3.25. The molecule has 1 aliphatic heterocycles. The molecule has 0 bridgehead atoms. The van der Waals surface area contributed by atoms with Crippen molar-refractivity contribution in [3.8, 4) is 5.75 Å². The van der Waals surface area contributed by atoms with Crippen molar-refractivity contribution in [1.29, 1.82) is 0 Å². The normalized spacial score (nSPS) is 19.3. The van der Waals surface area contributed by atoms with Crippen molar-refractivity contribution in [2.24, 2.45) is 5.92 Å². The lowest BCUT2D eigenvalue weighted by Gasteiger charge is -2.30. The minimum absolute atomic E-state index is 0.00240.